The molecule has 0 unspecified atom stereocenters. The second-order valence-electron chi connectivity index (χ2n) is 6.13. The first-order valence-corrected chi connectivity index (χ1v) is 14.2. The monoisotopic (exact) mass is 282 g/mol. The number of rotatable bonds is 5. The van der Waals surface area contributed by atoms with Crippen LogP contribution >= 0.6 is 11.8 Å². The van der Waals surface area contributed by atoms with Gasteiger partial charge in [0.1, 0.15) is 0 Å². The summed E-state index contributed by atoms with van der Waals surface area (Å²) in [5, 5.41) is 4.54. The summed E-state index contributed by atoms with van der Waals surface area (Å²) in [6, 6.07) is 10.9. The first kappa shape index (κ1) is 15.1. The average Bonchev–Trinajstić information content (AvgIpc) is 2.29. The number of benzene rings is 1. The van der Waals surface area contributed by atoms with Crippen molar-refractivity contribution in [2.45, 2.75) is 39.2 Å². The van der Waals surface area contributed by atoms with Crippen LogP contribution in [-0.4, -0.2) is 27.8 Å². The molecule has 0 aliphatic heterocycles. The van der Waals surface area contributed by atoms with Crippen LogP contribution in [0.4, 0.5) is 0 Å². The lowest BCUT2D eigenvalue weighted by Crippen LogP contribution is -2.46. The van der Waals surface area contributed by atoms with Gasteiger partial charge in [0.05, 0.1) is 16.1 Å². The van der Waals surface area contributed by atoms with Crippen LogP contribution in [0.3, 0.4) is 0 Å². The van der Waals surface area contributed by atoms with E-state index >= 15 is 0 Å². The van der Waals surface area contributed by atoms with Crippen molar-refractivity contribution in [2.24, 2.45) is 0 Å². The number of thioether (sulfide) groups is 1. The normalized spacial score (nSPS) is 12.8. The molecule has 0 aliphatic carbocycles. The Hall–Kier alpha value is 0.00377. The van der Waals surface area contributed by atoms with Crippen molar-refractivity contribution >= 4 is 38.3 Å². The highest BCUT2D eigenvalue weighted by molar-refractivity contribution is 8.00. The zero-order chi connectivity index (χ0) is 13.1. The second kappa shape index (κ2) is 5.76. The van der Waals surface area contributed by atoms with Crippen molar-refractivity contribution in [3.8, 4) is 0 Å². The van der Waals surface area contributed by atoms with Crippen LogP contribution in [0, 0.1) is 0 Å². The van der Waals surface area contributed by atoms with Gasteiger partial charge in [-0.2, -0.15) is 11.8 Å². The fraction of sp³-hybridized carbons (Fsp3) is 0.571. The van der Waals surface area contributed by atoms with Gasteiger partial charge in [-0.1, -0.05) is 73.8 Å². The first-order valence-electron chi connectivity index (χ1n) is 6.43. The third kappa shape index (κ3) is 3.73. The Morgan fingerprint density at radius 1 is 0.882 bits per heavy atom. The van der Waals surface area contributed by atoms with E-state index in [4.69, 9.17) is 0 Å². The molecule has 0 aromatic heterocycles. The van der Waals surface area contributed by atoms with Gasteiger partial charge >= 0.3 is 0 Å². The third-order valence-corrected chi connectivity index (χ3v) is 13.4. The van der Waals surface area contributed by atoms with Gasteiger partial charge < -0.3 is 0 Å². The Morgan fingerprint density at radius 3 is 1.65 bits per heavy atom. The van der Waals surface area contributed by atoms with E-state index in [1.807, 2.05) is 11.8 Å². The van der Waals surface area contributed by atoms with Crippen LogP contribution < -0.4 is 10.4 Å². The predicted molar refractivity (Wildman–Crippen MR) is 89.5 cm³/mol. The number of hydrogen-bond acceptors (Lipinski definition) is 1. The quantitative estimate of drug-likeness (QED) is 0.746. The highest BCUT2D eigenvalue weighted by Gasteiger charge is 2.24. The Balaban J connectivity index is 2.96. The molecular formula is C14H26SSi2. The van der Waals surface area contributed by atoms with Gasteiger partial charge in [-0.05, 0) is 11.6 Å². The summed E-state index contributed by atoms with van der Waals surface area (Å²) in [5.41, 5.74) is 0. The molecular weight excluding hydrogens is 256 g/mol. The van der Waals surface area contributed by atoms with E-state index in [9.17, 15) is 0 Å². The Kier molecular flexibility index (Phi) is 5.11. The molecule has 0 fully saturated rings. The Bertz CT molecular complexity index is 355. The number of hydrogen-bond donors (Lipinski definition) is 0. The van der Waals surface area contributed by atoms with Crippen molar-refractivity contribution in [1.82, 2.24) is 0 Å². The standard InChI is InChI=1S/C14H26SSi2/c1-7-16(3,4)13-8-10-14(11-9-13)17(5,6)12-15-2/h8-11H,7,12H2,1-6H3. The molecule has 96 valence electrons. The zero-order valence-corrected chi connectivity index (χ0v) is 14.9. The largest absolute Gasteiger partial charge is 0.168 e. The third-order valence-electron chi connectivity index (χ3n) is 3.84. The summed E-state index contributed by atoms with van der Waals surface area (Å²) in [5.74, 6) is 0. The molecule has 0 aliphatic rings. The van der Waals surface area contributed by atoms with Gasteiger partial charge in [0, 0.05) is 0 Å². The maximum Gasteiger partial charge on any atom is 0.0903 e. The summed E-state index contributed by atoms with van der Waals surface area (Å²) in [6.07, 6.45) is 2.22. The van der Waals surface area contributed by atoms with Gasteiger partial charge in [-0.3, -0.25) is 0 Å². The zero-order valence-electron chi connectivity index (χ0n) is 12.1. The highest BCUT2D eigenvalue weighted by Crippen LogP contribution is 2.11. The van der Waals surface area contributed by atoms with Crippen molar-refractivity contribution in [1.29, 1.82) is 0 Å². The molecule has 0 amide bonds. The SMILES string of the molecule is CC[Si](C)(C)c1ccc([Si](C)(C)CSC)cc1. The van der Waals surface area contributed by atoms with Gasteiger partial charge in [-0.25, -0.2) is 0 Å². The smallest absolute Gasteiger partial charge is 0.0903 e. The van der Waals surface area contributed by atoms with Crippen LogP contribution in [0.15, 0.2) is 24.3 Å². The molecule has 17 heavy (non-hydrogen) atoms. The van der Waals surface area contributed by atoms with Gasteiger partial charge in [-0.15, -0.1) is 0 Å². The lowest BCUT2D eigenvalue weighted by atomic mass is 10.4. The van der Waals surface area contributed by atoms with Crippen LogP contribution in [0.5, 0.6) is 0 Å². The fourth-order valence-electron chi connectivity index (χ4n) is 2.02. The van der Waals surface area contributed by atoms with E-state index in [-0.39, 0.29) is 0 Å². The molecule has 0 bridgehead atoms. The van der Waals surface area contributed by atoms with Crippen molar-refractivity contribution < 1.29 is 0 Å². The van der Waals surface area contributed by atoms with E-state index in [1.54, 1.807) is 10.4 Å². The minimum Gasteiger partial charge on any atom is -0.168 e. The Labute approximate surface area is 113 Å². The molecule has 1 aromatic carbocycles. The second-order valence-corrected chi connectivity index (χ2v) is 17.3. The molecule has 0 saturated heterocycles. The molecule has 1 rings (SSSR count). The summed E-state index contributed by atoms with van der Waals surface area (Å²) in [4.78, 5) is 0. The van der Waals surface area contributed by atoms with E-state index in [0.29, 0.717) is 0 Å². The van der Waals surface area contributed by atoms with Crippen molar-refractivity contribution in [3.63, 3.8) is 0 Å². The van der Waals surface area contributed by atoms with Gasteiger partial charge in [0.25, 0.3) is 0 Å². The summed E-state index contributed by atoms with van der Waals surface area (Å²) >= 11 is 1.99. The minimum absolute atomic E-state index is 1.14. The molecule has 1 aromatic rings. The summed E-state index contributed by atoms with van der Waals surface area (Å²) < 4.78 is 0. The first-order chi connectivity index (χ1) is 7.83. The average molecular weight is 283 g/mol. The lowest BCUT2D eigenvalue weighted by Gasteiger charge is -2.25. The summed E-state index contributed by atoms with van der Waals surface area (Å²) in [7, 11) is -2.34. The van der Waals surface area contributed by atoms with Gasteiger partial charge in [0.15, 0.2) is 0 Å². The minimum atomic E-state index is -1.19. The molecule has 0 saturated carbocycles. The molecule has 0 nitrogen and oxygen atoms in total. The highest BCUT2D eigenvalue weighted by atomic mass is 32.2. The summed E-state index contributed by atoms with van der Waals surface area (Å²) in [6.45, 7) is 12.2. The fourth-order valence-corrected chi connectivity index (χ4v) is 8.12. The van der Waals surface area contributed by atoms with E-state index < -0.39 is 16.1 Å². The van der Waals surface area contributed by atoms with Crippen LogP contribution in [0.25, 0.3) is 0 Å². The van der Waals surface area contributed by atoms with E-state index in [0.717, 1.165) is 0 Å². The molecule has 0 radical (unpaired) electrons. The van der Waals surface area contributed by atoms with Crippen molar-refractivity contribution in [3.05, 3.63) is 24.3 Å². The van der Waals surface area contributed by atoms with Crippen LogP contribution in [0.1, 0.15) is 6.92 Å². The van der Waals surface area contributed by atoms with E-state index in [1.165, 1.54) is 11.4 Å². The molecule has 0 heterocycles. The van der Waals surface area contributed by atoms with Crippen LogP contribution in [-0.2, 0) is 0 Å². The Morgan fingerprint density at radius 2 is 1.29 bits per heavy atom. The molecule has 3 heteroatoms. The van der Waals surface area contributed by atoms with Gasteiger partial charge in [0.2, 0.25) is 0 Å². The maximum atomic E-state index is 2.47. The molecule has 0 N–H and O–H groups in total. The topological polar surface area (TPSA) is 0 Å². The van der Waals surface area contributed by atoms with Crippen molar-refractivity contribution in [2.75, 3.05) is 11.6 Å². The molecule has 0 spiro atoms. The molecule has 0 atom stereocenters. The lowest BCUT2D eigenvalue weighted by molar-refractivity contribution is 1.37. The van der Waals surface area contributed by atoms with E-state index in [2.05, 4.69) is 63.6 Å². The predicted octanol–water partition coefficient (Wildman–Crippen LogP) is 3.44. The van der Waals surface area contributed by atoms with Crippen LogP contribution in [0.2, 0.25) is 32.2 Å². The maximum absolute atomic E-state index is 2.47.